The van der Waals surface area contributed by atoms with Crippen LogP contribution in [0.2, 0.25) is 0 Å². The Hall–Kier alpha value is -1.41. The maximum absolute atomic E-state index is 13.0. The number of hydrogen-bond acceptors (Lipinski definition) is 2. The third kappa shape index (κ3) is 6.54. The Labute approximate surface area is 191 Å². The highest BCUT2D eigenvalue weighted by molar-refractivity contribution is 5.82. The largest absolute Gasteiger partial charge is 1.00 e. The number of aryl methyl sites for hydroxylation is 1. The van der Waals surface area contributed by atoms with E-state index in [0.29, 0.717) is 12.5 Å². The van der Waals surface area contributed by atoms with Crippen molar-refractivity contribution in [1.29, 1.82) is 0 Å². The Morgan fingerprint density at radius 1 is 1.21 bits per heavy atom. The van der Waals surface area contributed by atoms with Crippen LogP contribution >= 0.6 is 0 Å². The first-order valence-corrected chi connectivity index (χ1v) is 10.6. The number of nitrogens with one attached hydrogen (secondary N) is 1. The van der Waals surface area contributed by atoms with Gasteiger partial charge in [0, 0.05) is 0 Å². The molecule has 1 saturated carbocycles. The van der Waals surface area contributed by atoms with Crippen molar-refractivity contribution in [1.82, 2.24) is 9.88 Å². The molecule has 5 nitrogen and oxygen atoms in total. The van der Waals surface area contributed by atoms with Crippen molar-refractivity contribution >= 4 is 5.91 Å². The van der Waals surface area contributed by atoms with E-state index in [1.807, 2.05) is 30.3 Å². The lowest BCUT2D eigenvalue weighted by Crippen LogP contribution is -3.00. The number of rotatable bonds is 8. The molecule has 2 aromatic rings. The summed E-state index contributed by atoms with van der Waals surface area (Å²) in [5.74, 6) is 1.65. The quantitative estimate of drug-likeness (QED) is 0.418. The van der Waals surface area contributed by atoms with Crippen molar-refractivity contribution in [3.63, 3.8) is 0 Å². The number of amides is 1. The minimum atomic E-state index is -0.533. The standard InChI is InChI=1S/C23H33N3O2.HI/c1-18(2)23-25(3)16-17-26(23)15-14-24-22(27)21(19-10-6-4-7-11-19)28-20-12-8-5-9-13-20;/h4,6-7,10-11,16-18,20-21H,5,8-9,12-15H2,1-3H3;1H. The summed E-state index contributed by atoms with van der Waals surface area (Å²) in [7, 11) is 2.06. The summed E-state index contributed by atoms with van der Waals surface area (Å²) in [6, 6.07) is 9.87. The van der Waals surface area contributed by atoms with E-state index in [4.69, 9.17) is 4.74 Å². The van der Waals surface area contributed by atoms with Crippen LogP contribution in [0.5, 0.6) is 0 Å². The molecule has 0 bridgehead atoms. The maximum Gasteiger partial charge on any atom is 0.258 e. The van der Waals surface area contributed by atoms with E-state index in [1.54, 1.807) is 0 Å². The zero-order valence-corrected chi connectivity index (χ0v) is 20.0. The third-order valence-corrected chi connectivity index (χ3v) is 5.52. The van der Waals surface area contributed by atoms with E-state index < -0.39 is 6.10 Å². The lowest BCUT2D eigenvalue weighted by Gasteiger charge is -2.27. The summed E-state index contributed by atoms with van der Waals surface area (Å²) in [6.45, 7) is 5.72. The fourth-order valence-corrected chi connectivity index (χ4v) is 4.17. The second-order valence-electron chi connectivity index (χ2n) is 8.09. The van der Waals surface area contributed by atoms with Crippen LogP contribution in [0, 0.1) is 0 Å². The number of benzene rings is 1. The molecule has 3 rings (SSSR count). The van der Waals surface area contributed by atoms with Gasteiger partial charge in [-0.2, -0.15) is 0 Å². The number of halogens is 1. The lowest BCUT2D eigenvalue weighted by atomic mass is 9.97. The van der Waals surface area contributed by atoms with Gasteiger partial charge in [-0.15, -0.1) is 0 Å². The Morgan fingerprint density at radius 2 is 1.90 bits per heavy atom. The van der Waals surface area contributed by atoms with Gasteiger partial charge in [-0.3, -0.25) is 4.79 Å². The van der Waals surface area contributed by atoms with Crippen molar-refractivity contribution < 1.29 is 38.1 Å². The molecular formula is C23H34IN3O2. The Kier molecular flexibility index (Phi) is 9.62. The van der Waals surface area contributed by atoms with Gasteiger partial charge in [0.2, 0.25) is 0 Å². The molecule has 0 spiro atoms. The predicted molar refractivity (Wildman–Crippen MR) is 110 cm³/mol. The summed E-state index contributed by atoms with van der Waals surface area (Å²) in [6.07, 6.45) is 9.55. The molecule has 1 aliphatic carbocycles. The van der Waals surface area contributed by atoms with Crippen LogP contribution in [0.1, 0.15) is 69.4 Å². The van der Waals surface area contributed by atoms with Gasteiger partial charge in [0.05, 0.1) is 25.6 Å². The smallest absolute Gasteiger partial charge is 0.258 e. The van der Waals surface area contributed by atoms with Crippen molar-refractivity contribution in [2.45, 2.75) is 70.6 Å². The number of nitrogens with zero attached hydrogens (tertiary/aromatic N) is 2. The van der Waals surface area contributed by atoms with E-state index in [0.717, 1.165) is 24.9 Å². The van der Waals surface area contributed by atoms with Crippen molar-refractivity contribution in [3.8, 4) is 0 Å². The first kappa shape index (κ1) is 23.9. The molecule has 160 valence electrons. The fraction of sp³-hybridized carbons (Fsp3) is 0.565. The first-order chi connectivity index (χ1) is 13.6. The van der Waals surface area contributed by atoms with E-state index >= 15 is 0 Å². The van der Waals surface area contributed by atoms with E-state index in [2.05, 4.69) is 47.7 Å². The molecule has 1 fully saturated rings. The van der Waals surface area contributed by atoms with Crippen molar-refractivity contribution in [2.24, 2.45) is 7.05 Å². The summed E-state index contributed by atoms with van der Waals surface area (Å²) in [5, 5.41) is 3.10. The molecule has 1 amide bonds. The molecule has 0 aliphatic heterocycles. The second-order valence-corrected chi connectivity index (χ2v) is 8.09. The summed E-state index contributed by atoms with van der Waals surface area (Å²) in [4.78, 5) is 13.0. The highest BCUT2D eigenvalue weighted by Gasteiger charge is 2.26. The molecule has 0 saturated heterocycles. The van der Waals surface area contributed by atoms with Crippen LogP contribution in [0.4, 0.5) is 0 Å². The maximum atomic E-state index is 13.0. The molecule has 6 heteroatoms. The molecule has 0 radical (unpaired) electrons. The number of imidazole rings is 1. The van der Waals surface area contributed by atoms with Gasteiger partial charge < -0.3 is 34.0 Å². The Balaban J connectivity index is 0.00000300. The second kappa shape index (κ2) is 11.7. The topological polar surface area (TPSA) is 47.1 Å². The van der Waals surface area contributed by atoms with Gasteiger partial charge >= 0.3 is 0 Å². The molecule has 1 aromatic carbocycles. The van der Waals surface area contributed by atoms with Crippen molar-refractivity contribution in [3.05, 3.63) is 54.1 Å². The number of hydrogen-bond donors (Lipinski definition) is 1. The van der Waals surface area contributed by atoms with Crippen molar-refractivity contribution in [2.75, 3.05) is 6.54 Å². The van der Waals surface area contributed by atoms with Crippen LogP contribution in [-0.2, 0) is 23.1 Å². The minimum Gasteiger partial charge on any atom is -1.00 e. The minimum absolute atomic E-state index is 0. The molecular weight excluding hydrogens is 477 g/mol. The third-order valence-electron chi connectivity index (χ3n) is 5.52. The average Bonchev–Trinajstić information content (AvgIpc) is 3.08. The van der Waals surface area contributed by atoms with E-state index in [-0.39, 0.29) is 36.0 Å². The van der Waals surface area contributed by atoms with E-state index in [1.165, 1.54) is 25.1 Å². The molecule has 1 unspecified atom stereocenters. The number of aromatic nitrogens is 2. The van der Waals surface area contributed by atoms with Crippen LogP contribution in [0.15, 0.2) is 42.7 Å². The van der Waals surface area contributed by atoms with Crippen LogP contribution in [-0.4, -0.2) is 23.1 Å². The fourth-order valence-electron chi connectivity index (χ4n) is 4.17. The summed E-state index contributed by atoms with van der Waals surface area (Å²) < 4.78 is 10.6. The molecule has 1 atom stereocenters. The SMILES string of the molecule is CC(C)c1n(CCNC(=O)C(OC2CCCCC2)c2ccccc2)cc[n+]1C.[I-]. The van der Waals surface area contributed by atoms with E-state index in [9.17, 15) is 4.79 Å². The van der Waals surface area contributed by atoms with Gasteiger partial charge in [0.25, 0.3) is 11.7 Å². The highest BCUT2D eigenvalue weighted by atomic mass is 127. The zero-order chi connectivity index (χ0) is 19.9. The lowest BCUT2D eigenvalue weighted by molar-refractivity contribution is -0.680. The Morgan fingerprint density at radius 3 is 2.55 bits per heavy atom. The first-order valence-electron chi connectivity index (χ1n) is 10.6. The molecule has 1 N–H and O–H groups in total. The Bertz CT molecular complexity index is 755. The van der Waals surface area contributed by atoms with Gasteiger partial charge in [-0.25, -0.2) is 9.13 Å². The zero-order valence-electron chi connectivity index (χ0n) is 17.8. The van der Waals surface area contributed by atoms with Crippen LogP contribution in [0.3, 0.4) is 0 Å². The van der Waals surface area contributed by atoms with Gasteiger partial charge in [-0.05, 0) is 18.4 Å². The van der Waals surface area contributed by atoms with Crippen LogP contribution in [0.25, 0.3) is 0 Å². The number of ether oxygens (including phenoxy) is 1. The molecule has 1 aliphatic rings. The molecule has 1 aromatic heterocycles. The van der Waals surface area contributed by atoms with Gasteiger partial charge in [0.15, 0.2) is 6.10 Å². The average molecular weight is 511 g/mol. The molecule has 1 heterocycles. The number of carbonyl (C=O) groups excluding carboxylic acids is 1. The predicted octanol–water partition coefficient (Wildman–Crippen LogP) is 0.647. The normalized spacial score (nSPS) is 15.7. The number of carbonyl (C=O) groups is 1. The monoisotopic (exact) mass is 511 g/mol. The van der Waals surface area contributed by atoms with Crippen LogP contribution < -0.4 is 33.9 Å². The highest BCUT2D eigenvalue weighted by Crippen LogP contribution is 2.27. The van der Waals surface area contributed by atoms with Gasteiger partial charge in [0.1, 0.15) is 18.9 Å². The summed E-state index contributed by atoms with van der Waals surface area (Å²) >= 11 is 0. The van der Waals surface area contributed by atoms with Gasteiger partial charge in [-0.1, -0.05) is 63.4 Å². The molecule has 29 heavy (non-hydrogen) atoms. The summed E-state index contributed by atoms with van der Waals surface area (Å²) in [5.41, 5.74) is 0.931.